The van der Waals surface area contributed by atoms with Crippen molar-refractivity contribution in [3.8, 4) is 11.8 Å². The van der Waals surface area contributed by atoms with Crippen LogP contribution in [0.25, 0.3) is 0 Å². The van der Waals surface area contributed by atoms with E-state index in [1.807, 2.05) is 18.2 Å². The Labute approximate surface area is 174 Å². The molecule has 0 saturated heterocycles. The number of rotatable bonds is 15. The lowest BCUT2D eigenvalue weighted by Crippen LogP contribution is -2.33. The van der Waals surface area contributed by atoms with E-state index >= 15 is 0 Å². The maximum Gasteiger partial charge on any atom is 0.119 e. The van der Waals surface area contributed by atoms with Gasteiger partial charge in [-0.1, -0.05) is 65.5 Å². The van der Waals surface area contributed by atoms with E-state index in [2.05, 4.69) is 44.7 Å². The highest BCUT2D eigenvalue weighted by Gasteiger charge is 2.35. The van der Waals surface area contributed by atoms with Crippen molar-refractivity contribution in [2.24, 2.45) is 5.92 Å². The second-order valence-electron chi connectivity index (χ2n) is 8.33. The fourth-order valence-electron chi connectivity index (χ4n) is 3.98. The van der Waals surface area contributed by atoms with Gasteiger partial charge in [0, 0.05) is 0 Å². The monoisotopic (exact) mass is 386 g/mol. The standard InChI is InChI=1S/C25H42N2O/c1-6-8-10-11-18-27(17-9-7-2)19-13-16-25(21-26,22(3)4)23-14-12-15-24(20-23)28-5/h12,14-15,20,22H,6-11,13,16-19H2,1-5H3. The maximum absolute atomic E-state index is 10.2. The normalized spacial score (nSPS) is 13.5. The molecule has 0 spiro atoms. The maximum atomic E-state index is 10.2. The zero-order valence-corrected chi connectivity index (χ0v) is 19.0. The average Bonchev–Trinajstić information content (AvgIpc) is 2.71. The van der Waals surface area contributed by atoms with Crippen LogP contribution in [0.4, 0.5) is 0 Å². The minimum atomic E-state index is -0.451. The molecule has 0 N–H and O–H groups in total. The van der Waals surface area contributed by atoms with Crippen LogP contribution in [-0.4, -0.2) is 31.6 Å². The molecule has 0 heterocycles. The lowest BCUT2D eigenvalue weighted by molar-refractivity contribution is 0.243. The average molecular weight is 387 g/mol. The topological polar surface area (TPSA) is 36.3 Å². The van der Waals surface area contributed by atoms with E-state index < -0.39 is 5.41 Å². The third-order valence-electron chi connectivity index (χ3n) is 5.97. The van der Waals surface area contributed by atoms with Crippen LogP contribution in [-0.2, 0) is 5.41 Å². The fourth-order valence-corrected chi connectivity index (χ4v) is 3.98. The number of hydrogen-bond acceptors (Lipinski definition) is 3. The van der Waals surface area contributed by atoms with Crippen molar-refractivity contribution in [2.75, 3.05) is 26.7 Å². The number of nitrogens with zero attached hydrogens (tertiary/aromatic N) is 2. The van der Waals surface area contributed by atoms with Crippen LogP contribution in [0.1, 0.15) is 84.6 Å². The zero-order valence-electron chi connectivity index (χ0n) is 19.0. The molecule has 1 aromatic rings. The number of ether oxygens (including phenoxy) is 1. The van der Waals surface area contributed by atoms with Gasteiger partial charge in [-0.15, -0.1) is 0 Å². The highest BCUT2D eigenvalue weighted by Crippen LogP contribution is 2.38. The summed E-state index contributed by atoms with van der Waals surface area (Å²) < 4.78 is 5.41. The van der Waals surface area contributed by atoms with E-state index in [9.17, 15) is 5.26 Å². The van der Waals surface area contributed by atoms with Gasteiger partial charge in [-0.3, -0.25) is 0 Å². The molecule has 0 saturated carbocycles. The minimum Gasteiger partial charge on any atom is -0.497 e. The molecule has 1 atom stereocenters. The molecule has 0 fully saturated rings. The second-order valence-corrected chi connectivity index (χ2v) is 8.33. The summed E-state index contributed by atoms with van der Waals surface area (Å²) in [5.41, 5.74) is 0.639. The number of hydrogen-bond donors (Lipinski definition) is 0. The van der Waals surface area contributed by atoms with Gasteiger partial charge in [0.1, 0.15) is 5.75 Å². The van der Waals surface area contributed by atoms with Crippen molar-refractivity contribution >= 4 is 0 Å². The van der Waals surface area contributed by atoms with Crippen LogP contribution in [0.3, 0.4) is 0 Å². The summed E-state index contributed by atoms with van der Waals surface area (Å²) in [6.45, 7) is 12.3. The van der Waals surface area contributed by atoms with Crippen molar-refractivity contribution in [3.63, 3.8) is 0 Å². The third-order valence-corrected chi connectivity index (χ3v) is 5.97. The molecule has 1 unspecified atom stereocenters. The Kier molecular flexibility index (Phi) is 11.9. The van der Waals surface area contributed by atoms with Crippen LogP contribution in [0, 0.1) is 17.2 Å². The van der Waals surface area contributed by atoms with E-state index in [4.69, 9.17) is 4.74 Å². The quantitative estimate of drug-likeness (QED) is 0.320. The van der Waals surface area contributed by atoms with Crippen LogP contribution < -0.4 is 4.74 Å². The number of benzene rings is 1. The molecule has 28 heavy (non-hydrogen) atoms. The van der Waals surface area contributed by atoms with Gasteiger partial charge in [0.05, 0.1) is 18.6 Å². The molecule has 3 nitrogen and oxygen atoms in total. The van der Waals surface area contributed by atoms with E-state index in [0.29, 0.717) is 0 Å². The Morgan fingerprint density at radius 1 is 1.00 bits per heavy atom. The lowest BCUT2D eigenvalue weighted by atomic mass is 9.70. The van der Waals surface area contributed by atoms with E-state index in [1.54, 1.807) is 7.11 Å². The van der Waals surface area contributed by atoms with Gasteiger partial charge in [0.25, 0.3) is 0 Å². The first-order valence-electron chi connectivity index (χ1n) is 11.3. The number of methoxy groups -OCH3 is 1. The highest BCUT2D eigenvalue weighted by molar-refractivity contribution is 5.38. The van der Waals surface area contributed by atoms with Gasteiger partial charge in [0.2, 0.25) is 0 Å². The predicted octanol–water partition coefficient (Wildman–Crippen LogP) is 6.58. The third kappa shape index (κ3) is 7.47. The van der Waals surface area contributed by atoms with Crippen LogP contribution in [0.15, 0.2) is 24.3 Å². The van der Waals surface area contributed by atoms with Gasteiger partial charge in [-0.2, -0.15) is 5.26 Å². The molecule has 0 aliphatic rings. The molecule has 0 aliphatic heterocycles. The minimum absolute atomic E-state index is 0.262. The van der Waals surface area contributed by atoms with Crippen molar-refractivity contribution in [1.82, 2.24) is 4.90 Å². The Morgan fingerprint density at radius 3 is 2.29 bits per heavy atom. The van der Waals surface area contributed by atoms with Crippen molar-refractivity contribution in [1.29, 1.82) is 5.26 Å². The first-order chi connectivity index (χ1) is 13.5. The summed E-state index contributed by atoms with van der Waals surface area (Å²) in [4.78, 5) is 2.62. The summed E-state index contributed by atoms with van der Waals surface area (Å²) in [5.74, 6) is 1.09. The molecule has 158 valence electrons. The van der Waals surface area contributed by atoms with Crippen molar-refractivity contribution in [3.05, 3.63) is 29.8 Å². The summed E-state index contributed by atoms with van der Waals surface area (Å²) in [7, 11) is 1.69. The largest absolute Gasteiger partial charge is 0.497 e. The van der Waals surface area contributed by atoms with Crippen molar-refractivity contribution in [2.45, 2.75) is 84.5 Å². The molecule has 0 aliphatic carbocycles. The molecular formula is C25H42N2O. The first kappa shape index (κ1) is 24.5. The van der Waals surface area contributed by atoms with Gasteiger partial charge in [-0.25, -0.2) is 0 Å². The SMILES string of the molecule is CCCCCCN(CCCC)CCCC(C#N)(c1cccc(OC)c1)C(C)C. The molecule has 0 bridgehead atoms. The van der Waals surface area contributed by atoms with Crippen LogP contribution >= 0.6 is 0 Å². The second kappa shape index (κ2) is 13.6. The fraction of sp³-hybridized carbons (Fsp3) is 0.720. The molecule has 0 radical (unpaired) electrons. The van der Waals surface area contributed by atoms with Crippen LogP contribution in [0.5, 0.6) is 5.75 Å². The van der Waals surface area contributed by atoms with E-state index in [1.165, 1.54) is 51.6 Å². The molecular weight excluding hydrogens is 344 g/mol. The highest BCUT2D eigenvalue weighted by atomic mass is 16.5. The molecule has 3 heteroatoms. The number of unbranched alkanes of at least 4 members (excludes halogenated alkanes) is 4. The van der Waals surface area contributed by atoms with Crippen molar-refractivity contribution < 1.29 is 4.74 Å². The summed E-state index contributed by atoms with van der Waals surface area (Å²) in [6.07, 6.45) is 9.70. The Balaban J connectivity index is 2.78. The van der Waals surface area contributed by atoms with E-state index in [0.717, 1.165) is 30.7 Å². The van der Waals surface area contributed by atoms with Gasteiger partial charge >= 0.3 is 0 Å². The molecule has 1 rings (SSSR count). The Bertz CT molecular complexity index is 578. The Hall–Kier alpha value is -1.53. The first-order valence-corrected chi connectivity index (χ1v) is 11.3. The van der Waals surface area contributed by atoms with Gasteiger partial charge < -0.3 is 9.64 Å². The predicted molar refractivity (Wildman–Crippen MR) is 120 cm³/mol. The smallest absolute Gasteiger partial charge is 0.119 e. The summed E-state index contributed by atoms with van der Waals surface area (Å²) in [6, 6.07) is 10.8. The van der Waals surface area contributed by atoms with E-state index in [-0.39, 0.29) is 5.92 Å². The molecule has 0 amide bonds. The summed E-state index contributed by atoms with van der Waals surface area (Å²) >= 11 is 0. The molecule has 0 aromatic heterocycles. The van der Waals surface area contributed by atoms with Gasteiger partial charge in [-0.05, 0) is 68.9 Å². The summed E-state index contributed by atoms with van der Waals surface area (Å²) in [5, 5.41) is 10.2. The van der Waals surface area contributed by atoms with Crippen LogP contribution in [0.2, 0.25) is 0 Å². The lowest BCUT2D eigenvalue weighted by Gasteiger charge is -2.33. The molecule has 1 aromatic carbocycles. The number of nitriles is 1. The Morgan fingerprint density at radius 2 is 1.68 bits per heavy atom. The van der Waals surface area contributed by atoms with Gasteiger partial charge in [0.15, 0.2) is 0 Å². The zero-order chi connectivity index (χ0) is 20.8.